The largest absolute Gasteiger partial charge is 0.361 e. The molecule has 1 amide bonds. The third-order valence-corrected chi connectivity index (χ3v) is 2.88. The molecule has 2 aromatic rings. The summed E-state index contributed by atoms with van der Waals surface area (Å²) in [5, 5.41) is 3.95. The molecule has 3 rings (SSSR count). The highest BCUT2D eigenvalue weighted by Crippen LogP contribution is 2.18. The van der Waals surface area contributed by atoms with Crippen molar-refractivity contribution in [2.45, 2.75) is 12.7 Å². The fourth-order valence-corrected chi connectivity index (χ4v) is 2.01. The number of carbonyl (C=O) groups is 1. The maximum atomic E-state index is 11.8. The van der Waals surface area contributed by atoms with Crippen LogP contribution in [0.25, 0.3) is 10.9 Å². The van der Waals surface area contributed by atoms with E-state index in [1.807, 2.05) is 30.5 Å². The Kier molecular flexibility index (Phi) is 3.00. The highest BCUT2D eigenvalue weighted by atomic mass is 16.7. The normalized spacial score (nSPS) is 16.2. The zero-order valence-corrected chi connectivity index (χ0v) is 9.81. The van der Waals surface area contributed by atoms with Gasteiger partial charge in [-0.1, -0.05) is 6.07 Å². The fraction of sp³-hybridized carbons (Fsp3) is 0.308. The summed E-state index contributed by atoms with van der Waals surface area (Å²) >= 11 is 0. The van der Waals surface area contributed by atoms with E-state index in [1.54, 1.807) is 0 Å². The lowest BCUT2D eigenvalue weighted by molar-refractivity contribution is -0.124. The molecule has 1 aromatic carbocycles. The predicted molar refractivity (Wildman–Crippen MR) is 67.2 cm³/mol. The van der Waals surface area contributed by atoms with Crippen LogP contribution in [0, 0.1) is 0 Å². The topological polar surface area (TPSA) is 63.4 Å². The zero-order valence-electron chi connectivity index (χ0n) is 9.81. The summed E-state index contributed by atoms with van der Waals surface area (Å²) in [4.78, 5) is 14.9. The van der Waals surface area contributed by atoms with Gasteiger partial charge in [0.1, 0.15) is 0 Å². The lowest BCUT2D eigenvalue weighted by atomic mass is 10.2. The summed E-state index contributed by atoms with van der Waals surface area (Å²) in [5.41, 5.74) is 1.77. The Morgan fingerprint density at radius 2 is 2.17 bits per heavy atom. The number of aromatic nitrogens is 1. The monoisotopic (exact) mass is 246 g/mol. The molecule has 0 saturated carbocycles. The van der Waals surface area contributed by atoms with Gasteiger partial charge in [-0.15, -0.1) is 0 Å². The van der Waals surface area contributed by atoms with Crippen LogP contribution >= 0.6 is 0 Å². The summed E-state index contributed by atoms with van der Waals surface area (Å²) in [6.45, 7) is 1.12. The Morgan fingerprint density at radius 1 is 1.33 bits per heavy atom. The Balaban J connectivity index is 1.65. The van der Waals surface area contributed by atoms with Crippen LogP contribution in [0.15, 0.2) is 30.5 Å². The first-order valence-electron chi connectivity index (χ1n) is 5.91. The number of anilines is 1. The van der Waals surface area contributed by atoms with Crippen molar-refractivity contribution in [1.29, 1.82) is 0 Å². The van der Waals surface area contributed by atoms with Crippen LogP contribution in [-0.4, -0.2) is 30.4 Å². The van der Waals surface area contributed by atoms with E-state index in [9.17, 15) is 4.79 Å². The summed E-state index contributed by atoms with van der Waals surface area (Å²) in [6, 6.07) is 7.74. The van der Waals surface area contributed by atoms with Gasteiger partial charge in [-0.2, -0.15) is 0 Å². The number of ether oxygens (including phenoxy) is 2. The molecule has 0 aliphatic carbocycles. The maximum absolute atomic E-state index is 11.8. The maximum Gasteiger partial charge on any atom is 0.229 e. The molecule has 0 spiro atoms. The van der Waals surface area contributed by atoms with Gasteiger partial charge in [0, 0.05) is 17.4 Å². The van der Waals surface area contributed by atoms with E-state index in [1.165, 1.54) is 0 Å². The fourth-order valence-electron chi connectivity index (χ4n) is 2.01. The minimum atomic E-state index is -0.404. The van der Waals surface area contributed by atoms with Crippen molar-refractivity contribution >= 4 is 22.5 Å². The van der Waals surface area contributed by atoms with Crippen LogP contribution in [0.3, 0.4) is 0 Å². The number of benzene rings is 1. The summed E-state index contributed by atoms with van der Waals surface area (Å²) in [7, 11) is 0. The first-order chi connectivity index (χ1) is 8.81. The molecule has 1 fully saturated rings. The highest BCUT2D eigenvalue weighted by Gasteiger charge is 2.19. The van der Waals surface area contributed by atoms with Crippen LogP contribution in [-0.2, 0) is 14.3 Å². The van der Waals surface area contributed by atoms with Gasteiger partial charge >= 0.3 is 0 Å². The number of hydrogen-bond acceptors (Lipinski definition) is 3. The number of carbonyl (C=O) groups excluding carboxylic acids is 1. The minimum Gasteiger partial charge on any atom is -0.361 e. The van der Waals surface area contributed by atoms with Crippen LogP contribution in [0.5, 0.6) is 0 Å². The van der Waals surface area contributed by atoms with Gasteiger partial charge < -0.3 is 19.8 Å². The molecule has 18 heavy (non-hydrogen) atoms. The van der Waals surface area contributed by atoms with Gasteiger partial charge in [0.25, 0.3) is 0 Å². The lowest BCUT2D eigenvalue weighted by Crippen LogP contribution is -2.20. The average molecular weight is 246 g/mol. The number of rotatable bonds is 3. The average Bonchev–Trinajstić information content (AvgIpc) is 2.98. The Labute approximate surface area is 104 Å². The Morgan fingerprint density at radius 3 is 3.00 bits per heavy atom. The summed E-state index contributed by atoms with van der Waals surface area (Å²) in [6.07, 6.45) is 1.69. The molecular formula is C13H14N2O3. The highest BCUT2D eigenvalue weighted by molar-refractivity contribution is 5.93. The predicted octanol–water partition coefficient (Wildman–Crippen LogP) is 1.87. The van der Waals surface area contributed by atoms with E-state index in [2.05, 4.69) is 10.3 Å². The van der Waals surface area contributed by atoms with Crippen LogP contribution in [0.2, 0.25) is 0 Å². The van der Waals surface area contributed by atoms with E-state index in [4.69, 9.17) is 9.47 Å². The van der Waals surface area contributed by atoms with Gasteiger partial charge in [0.05, 0.1) is 19.6 Å². The molecule has 0 radical (unpaired) electrons. The quantitative estimate of drug-likeness (QED) is 0.869. The van der Waals surface area contributed by atoms with Gasteiger partial charge in [-0.25, -0.2) is 0 Å². The third-order valence-electron chi connectivity index (χ3n) is 2.88. The summed E-state index contributed by atoms with van der Waals surface area (Å²) < 4.78 is 10.5. The molecule has 1 aliphatic rings. The Bertz CT molecular complexity index is 558. The Hall–Kier alpha value is -1.85. The molecule has 1 aromatic heterocycles. The number of aromatic amines is 1. The lowest BCUT2D eigenvalue weighted by Gasteiger charge is -2.09. The third kappa shape index (κ3) is 2.37. The van der Waals surface area contributed by atoms with Crippen LogP contribution < -0.4 is 5.32 Å². The molecule has 94 valence electrons. The van der Waals surface area contributed by atoms with Crippen LogP contribution in [0.4, 0.5) is 5.69 Å². The minimum absolute atomic E-state index is 0.104. The standard InChI is InChI=1S/C13H14N2O3/c16-12(8-13-17-5-6-18-13)15-10-2-1-9-3-4-14-11(9)7-10/h1-4,7,13-14H,5-6,8H2,(H,15,16). The molecule has 2 heterocycles. The van der Waals surface area contributed by atoms with Crippen LogP contribution in [0.1, 0.15) is 6.42 Å². The van der Waals surface area contributed by atoms with Crippen molar-refractivity contribution in [3.8, 4) is 0 Å². The first kappa shape index (κ1) is 11.3. The second-order valence-electron chi connectivity index (χ2n) is 4.20. The first-order valence-corrected chi connectivity index (χ1v) is 5.91. The molecule has 5 heteroatoms. The van der Waals surface area contributed by atoms with Crippen molar-refractivity contribution in [3.05, 3.63) is 30.5 Å². The van der Waals surface area contributed by atoms with Crippen molar-refractivity contribution in [3.63, 3.8) is 0 Å². The molecule has 1 aliphatic heterocycles. The molecule has 0 unspecified atom stereocenters. The molecule has 0 bridgehead atoms. The molecule has 1 saturated heterocycles. The molecule has 0 atom stereocenters. The van der Waals surface area contributed by atoms with Crippen molar-refractivity contribution in [2.75, 3.05) is 18.5 Å². The van der Waals surface area contributed by atoms with E-state index >= 15 is 0 Å². The van der Waals surface area contributed by atoms with E-state index in [-0.39, 0.29) is 12.3 Å². The van der Waals surface area contributed by atoms with Gasteiger partial charge in [0.2, 0.25) is 5.91 Å². The van der Waals surface area contributed by atoms with Crippen molar-refractivity contribution in [2.24, 2.45) is 0 Å². The number of nitrogens with one attached hydrogen (secondary N) is 2. The van der Waals surface area contributed by atoms with Gasteiger partial charge in [-0.05, 0) is 23.6 Å². The van der Waals surface area contributed by atoms with Gasteiger partial charge in [0.15, 0.2) is 6.29 Å². The zero-order chi connectivity index (χ0) is 12.4. The second-order valence-corrected chi connectivity index (χ2v) is 4.20. The number of amides is 1. The molecule has 5 nitrogen and oxygen atoms in total. The number of fused-ring (bicyclic) bond motifs is 1. The molecular weight excluding hydrogens is 232 g/mol. The van der Waals surface area contributed by atoms with E-state index in [0.29, 0.717) is 13.2 Å². The number of hydrogen-bond donors (Lipinski definition) is 2. The van der Waals surface area contributed by atoms with Gasteiger partial charge in [-0.3, -0.25) is 4.79 Å². The SMILES string of the molecule is O=C(CC1OCCO1)Nc1ccc2cc[nH]c2c1. The number of H-pyrrole nitrogens is 1. The van der Waals surface area contributed by atoms with Crippen molar-refractivity contribution < 1.29 is 14.3 Å². The van der Waals surface area contributed by atoms with E-state index in [0.717, 1.165) is 16.6 Å². The molecule has 2 N–H and O–H groups in total. The second kappa shape index (κ2) is 4.80. The summed E-state index contributed by atoms with van der Waals surface area (Å²) in [5.74, 6) is -0.104. The van der Waals surface area contributed by atoms with Crippen molar-refractivity contribution in [1.82, 2.24) is 4.98 Å². The smallest absolute Gasteiger partial charge is 0.229 e. The van der Waals surface area contributed by atoms with E-state index < -0.39 is 6.29 Å².